The Labute approximate surface area is 150 Å². The van der Waals surface area contributed by atoms with Crippen LogP contribution in [-0.2, 0) is 9.59 Å². The molecule has 0 radical (unpaired) electrons. The van der Waals surface area contributed by atoms with Crippen LogP contribution in [0.4, 0.5) is 5.95 Å². The molecule has 2 amide bonds. The standard InChI is InChI=1S/C17H21N5O4/c1-25-13-4-2-3-5-14(13)26-10-16(24)22(12-6-7-12)9-8-15(23)20-17-18-11-19-21-17/h2-5,11-12H,6-10H2,1H3,(H2,18,19,20,21,23). The van der Waals surface area contributed by atoms with E-state index < -0.39 is 0 Å². The Kier molecular flexibility index (Phi) is 5.67. The summed E-state index contributed by atoms with van der Waals surface area (Å²) in [4.78, 5) is 30.0. The van der Waals surface area contributed by atoms with Crippen molar-refractivity contribution in [2.45, 2.75) is 25.3 Å². The number of amides is 2. The summed E-state index contributed by atoms with van der Waals surface area (Å²) in [6.45, 7) is 0.235. The number of benzene rings is 1. The molecule has 1 aliphatic carbocycles. The normalized spacial score (nSPS) is 13.1. The lowest BCUT2D eigenvalue weighted by atomic mass is 10.3. The fourth-order valence-corrected chi connectivity index (χ4v) is 2.54. The van der Waals surface area contributed by atoms with Gasteiger partial charge in [-0.3, -0.25) is 14.9 Å². The average Bonchev–Trinajstić information content (AvgIpc) is 3.36. The summed E-state index contributed by atoms with van der Waals surface area (Å²) in [7, 11) is 1.55. The smallest absolute Gasteiger partial charge is 0.260 e. The van der Waals surface area contributed by atoms with Gasteiger partial charge in [-0.15, -0.1) is 0 Å². The van der Waals surface area contributed by atoms with Crippen LogP contribution in [0.2, 0.25) is 0 Å². The summed E-state index contributed by atoms with van der Waals surface area (Å²) in [6, 6.07) is 7.35. The van der Waals surface area contributed by atoms with Crippen LogP contribution >= 0.6 is 0 Å². The van der Waals surface area contributed by atoms with Crippen molar-refractivity contribution >= 4 is 17.8 Å². The summed E-state index contributed by atoms with van der Waals surface area (Å²) in [5, 5.41) is 8.81. The first-order valence-corrected chi connectivity index (χ1v) is 8.38. The Hall–Kier alpha value is -3.10. The molecule has 9 nitrogen and oxygen atoms in total. The zero-order valence-corrected chi connectivity index (χ0v) is 14.5. The Morgan fingerprint density at radius 2 is 2.08 bits per heavy atom. The molecule has 1 heterocycles. The van der Waals surface area contributed by atoms with E-state index in [-0.39, 0.29) is 30.9 Å². The molecule has 1 aromatic carbocycles. The fourth-order valence-electron chi connectivity index (χ4n) is 2.54. The van der Waals surface area contributed by atoms with Crippen LogP contribution in [0.25, 0.3) is 0 Å². The van der Waals surface area contributed by atoms with Crippen LogP contribution in [0.5, 0.6) is 11.5 Å². The van der Waals surface area contributed by atoms with Crippen LogP contribution in [-0.4, -0.2) is 58.2 Å². The molecule has 0 spiro atoms. The van der Waals surface area contributed by atoms with Gasteiger partial charge in [0.05, 0.1) is 7.11 Å². The molecule has 0 saturated heterocycles. The highest BCUT2D eigenvalue weighted by molar-refractivity contribution is 5.89. The highest BCUT2D eigenvalue weighted by Gasteiger charge is 2.32. The number of carbonyl (C=O) groups is 2. The Morgan fingerprint density at radius 1 is 1.31 bits per heavy atom. The third-order valence-corrected chi connectivity index (χ3v) is 3.98. The number of aromatic amines is 1. The van der Waals surface area contributed by atoms with Crippen molar-refractivity contribution in [1.29, 1.82) is 0 Å². The molecule has 1 fully saturated rings. The molecule has 2 N–H and O–H groups in total. The lowest BCUT2D eigenvalue weighted by molar-refractivity contribution is -0.134. The average molecular weight is 359 g/mol. The zero-order chi connectivity index (χ0) is 18.4. The molecule has 9 heteroatoms. The summed E-state index contributed by atoms with van der Waals surface area (Å²) in [5.41, 5.74) is 0. The maximum atomic E-state index is 12.5. The van der Waals surface area contributed by atoms with Gasteiger partial charge in [0.1, 0.15) is 6.33 Å². The summed E-state index contributed by atoms with van der Waals surface area (Å²) >= 11 is 0. The molecule has 0 aliphatic heterocycles. The molecule has 2 aromatic rings. The monoisotopic (exact) mass is 359 g/mol. The zero-order valence-electron chi connectivity index (χ0n) is 14.5. The number of methoxy groups -OCH3 is 1. The minimum atomic E-state index is -0.231. The molecule has 1 saturated carbocycles. The minimum Gasteiger partial charge on any atom is -0.493 e. The second-order valence-corrected chi connectivity index (χ2v) is 5.89. The molecule has 138 valence electrons. The van der Waals surface area contributed by atoms with E-state index in [1.54, 1.807) is 24.1 Å². The maximum absolute atomic E-state index is 12.5. The summed E-state index contributed by atoms with van der Waals surface area (Å²) < 4.78 is 10.8. The molecule has 3 rings (SSSR count). The van der Waals surface area contributed by atoms with E-state index in [4.69, 9.17) is 9.47 Å². The lowest BCUT2D eigenvalue weighted by Crippen LogP contribution is -2.38. The van der Waals surface area contributed by atoms with E-state index >= 15 is 0 Å². The second-order valence-electron chi connectivity index (χ2n) is 5.89. The number of anilines is 1. The van der Waals surface area contributed by atoms with Gasteiger partial charge in [-0.2, -0.15) is 10.1 Å². The van der Waals surface area contributed by atoms with Gasteiger partial charge in [0.25, 0.3) is 5.91 Å². The SMILES string of the molecule is COc1ccccc1OCC(=O)N(CCC(=O)Nc1ncn[nH]1)C1CC1. The van der Waals surface area contributed by atoms with Crippen LogP contribution < -0.4 is 14.8 Å². The summed E-state index contributed by atoms with van der Waals surface area (Å²) in [5.74, 6) is 1.00. The Morgan fingerprint density at radius 3 is 2.73 bits per heavy atom. The minimum absolute atomic E-state index is 0.0966. The largest absolute Gasteiger partial charge is 0.493 e. The van der Waals surface area contributed by atoms with E-state index in [1.165, 1.54) is 6.33 Å². The van der Waals surface area contributed by atoms with Crippen molar-refractivity contribution in [3.8, 4) is 11.5 Å². The molecule has 1 aromatic heterocycles. The number of ether oxygens (including phenoxy) is 2. The van der Waals surface area contributed by atoms with Crippen LogP contribution in [0, 0.1) is 0 Å². The maximum Gasteiger partial charge on any atom is 0.260 e. The van der Waals surface area contributed by atoms with Crippen molar-refractivity contribution in [3.63, 3.8) is 0 Å². The van der Waals surface area contributed by atoms with E-state index in [2.05, 4.69) is 20.5 Å². The Balaban J connectivity index is 1.50. The lowest BCUT2D eigenvalue weighted by Gasteiger charge is -2.22. The predicted molar refractivity (Wildman–Crippen MR) is 92.9 cm³/mol. The van der Waals surface area contributed by atoms with E-state index in [0.717, 1.165) is 12.8 Å². The first-order chi connectivity index (χ1) is 12.7. The first-order valence-electron chi connectivity index (χ1n) is 8.38. The third kappa shape index (κ3) is 4.71. The van der Waals surface area contributed by atoms with Crippen molar-refractivity contribution < 1.29 is 19.1 Å². The van der Waals surface area contributed by atoms with E-state index in [9.17, 15) is 9.59 Å². The van der Waals surface area contributed by atoms with Crippen molar-refractivity contribution in [1.82, 2.24) is 20.1 Å². The molecule has 1 aliphatic rings. The van der Waals surface area contributed by atoms with Gasteiger partial charge in [-0.25, -0.2) is 5.10 Å². The fraction of sp³-hybridized carbons (Fsp3) is 0.412. The number of H-pyrrole nitrogens is 1. The molecule has 0 unspecified atom stereocenters. The first kappa shape index (κ1) is 17.7. The highest BCUT2D eigenvalue weighted by Crippen LogP contribution is 2.28. The van der Waals surface area contributed by atoms with Crippen LogP contribution in [0.15, 0.2) is 30.6 Å². The van der Waals surface area contributed by atoms with Gasteiger partial charge in [0.2, 0.25) is 11.9 Å². The third-order valence-electron chi connectivity index (χ3n) is 3.98. The van der Waals surface area contributed by atoms with Gasteiger partial charge in [0.15, 0.2) is 18.1 Å². The van der Waals surface area contributed by atoms with Crippen molar-refractivity contribution in [2.24, 2.45) is 0 Å². The van der Waals surface area contributed by atoms with Gasteiger partial charge >= 0.3 is 0 Å². The number of hydrogen-bond donors (Lipinski definition) is 2. The Bertz CT molecular complexity index is 745. The van der Waals surface area contributed by atoms with Gasteiger partial charge in [0, 0.05) is 19.0 Å². The van der Waals surface area contributed by atoms with Crippen molar-refractivity contribution in [3.05, 3.63) is 30.6 Å². The number of carbonyl (C=O) groups excluding carboxylic acids is 2. The molecule has 26 heavy (non-hydrogen) atoms. The second kappa shape index (κ2) is 8.32. The van der Waals surface area contributed by atoms with Gasteiger partial charge < -0.3 is 14.4 Å². The number of para-hydroxylation sites is 2. The number of hydrogen-bond acceptors (Lipinski definition) is 6. The quantitative estimate of drug-likeness (QED) is 0.696. The number of aromatic nitrogens is 3. The topological polar surface area (TPSA) is 109 Å². The highest BCUT2D eigenvalue weighted by atomic mass is 16.5. The van der Waals surface area contributed by atoms with Crippen molar-refractivity contribution in [2.75, 3.05) is 25.6 Å². The van der Waals surface area contributed by atoms with Gasteiger partial charge in [-0.1, -0.05) is 12.1 Å². The number of rotatable bonds is 9. The summed E-state index contributed by atoms with van der Waals surface area (Å²) in [6.07, 6.45) is 3.39. The molecule has 0 atom stereocenters. The van der Waals surface area contributed by atoms with E-state index in [1.807, 2.05) is 12.1 Å². The van der Waals surface area contributed by atoms with Gasteiger partial charge in [-0.05, 0) is 25.0 Å². The molecular weight excluding hydrogens is 338 g/mol. The van der Waals surface area contributed by atoms with Crippen LogP contribution in [0.1, 0.15) is 19.3 Å². The number of nitrogens with one attached hydrogen (secondary N) is 2. The van der Waals surface area contributed by atoms with E-state index in [0.29, 0.717) is 24.0 Å². The van der Waals surface area contributed by atoms with Crippen LogP contribution in [0.3, 0.4) is 0 Å². The molecule has 0 bridgehead atoms. The molecular formula is C17H21N5O4. The predicted octanol–water partition coefficient (Wildman–Crippen LogP) is 1.21. The number of nitrogens with zero attached hydrogens (tertiary/aromatic N) is 3.